The van der Waals surface area contributed by atoms with E-state index in [-0.39, 0.29) is 29.1 Å². The van der Waals surface area contributed by atoms with E-state index in [0.29, 0.717) is 29.0 Å². The number of aromatic amines is 1. The second-order valence-electron chi connectivity index (χ2n) is 5.48. The van der Waals surface area contributed by atoms with Crippen molar-refractivity contribution in [3.05, 3.63) is 64.5 Å². The van der Waals surface area contributed by atoms with Crippen molar-refractivity contribution in [2.24, 2.45) is 0 Å². The summed E-state index contributed by atoms with van der Waals surface area (Å²) in [5.41, 5.74) is 6.24. The Morgan fingerprint density at radius 1 is 1.22 bits per heavy atom. The van der Waals surface area contributed by atoms with Crippen LogP contribution >= 0.6 is 0 Å². The highest BCUT2D eigenvalue weighted by atomic mass is 16.5. The molecule has 0 saturated heterocycles. The molecule has 0 spiro atoms. The summed E-state index contributed by atoms with van der Waals surface area (Å²) in [5.74, 6) is 0.779. The van der Waals surface area contributed by atoms with Crippen molar-refractivity contribution < 1.29 is 9.47 Å². The minimum atomic E-state index is -0.666. The minimum Gasteiger partial charge on any atom is -0.493 e. The number of benzene rings is 1. The molecule has 7 nitrogen and oxygen atoms in total. The van der Waals surface area contributed by atoms with Gasteiger partial charge in [0.25, 0.3) is 5.56 Å². The van der Waals surface area contributed by atoms with Crippen molar-refractivity contribution in [3.63, 3.8) is 0 Å². The third-order valence-corrected chi connectivity index (χ3v) is 3.82. The standard InChI is InChI=1S/C20H18N4O3/c1-4-6-12-8-13(9-16(26-3)18(12)27-7-5-2)17-14(10-21)19(23)24-20(25)15(17)11-22/h4-5,8-9H,1-2,6-7H2,3H3,(H3,23,24,25). The van der Waals surface area contributed by atoms with Crippen molar-refractivity contribution in [3.8, 4) is 34.8 Å². The van der Waals surface area contributed by atoms with Crippen molar-refractivity contribution >= 4 is 5.82 Å². The maximum Gasteiger partial charge on any atom is 0.268 e. The molecule has 1 aromatic heterocycles. The van der Waals surface area contributed by atoms with Crippen LogP contribution in [-0.4, -0.2) is 18.7 Å². The average molecular weight is 362 g/mol. The molecule has 0 saturated carbocycles. The maximum atomic E-state index is 12.2. The van der Waals surface area contributed by atoms with E-state index < -0.39 is 5.56 Å². The molecule has 0 fully saturated rings. The van der Waals surface area contributed by atoms with Gasteiger partial charge in [0.2, 0.25) is 0 Å². The Labute approximate surface area is 156 Å². The lowest BCUT2D eigenvalue weighted by atomic mass is 9.94. The fourth-order valence-corrected chi connectivity index (χ4v) is 2.70. The fraction of sp³-hybridized carbons (Fsp3) is 0.150. The Balaban J connectivity index is 2.89. The summed E-state index contributed by atoms with van der Waals surface area (Å²) < 4.78 is 11.1. The second kappa shape index (κ2) is 8.41. The van der Waals surface area contributed by atoms with Crippen LogP contribution < -0.4 is 20.8 Å². The van der Waals surface area contributed by atoms with Crippen molar-refractivity contribution in [2.45, 2.75) is 6.42 Å². The highest BCUT2D eigenvalue weighted by molar-refractivity contribution is 5.82. The number of anilines is 1. The molecule has 27 heavy (non-hydrogen) atoms. The van der Waals surface area contributed by atoms with Crippen LogP contribution in [-0.2, 0) is 6.42 Å². The molecular formula is C20H18N4O3. The lowest BCUT2D eigenvalue weighted by Crippen LogP contribution is -2.16. The molecule has 0 aliphatic rings. The number of nitrogens with one attached hydrogen (secondary N) is 1. The third kappa shape index (κ3) is 3.68. The van der Waals surface area contributed by atoms with Gasteiger partial charge < -0.3 is 20.2 Å². The Hall–Kier alpha value is -3.97. The van der Waals surface area contributed by atoms with Crippen LogP contribution in [0.4, 0.5) is 5.82 Å². The molecule has 0 bridgehead atoms. The molecule has 1 heterocycles. The smallest absolute Gasteiger partial charge is 0.268 e. The predicted octanol–water partition coefficient (Wildman–Crippen LogP) is 2.67. The number of methoxy groups -OCH3 is 1. The van der Waals surface area contributed by atoms with E-state index in [1.807, 2.05) is 12.1 Å². The Morgan fingerprint density at radius 2 is 1.93 bits per heavy atom. The topological polar surface area (TPSA) is 125 Å². The van der Waals surface area contributed by atoms with Crippen LogP contribution in [0.25, 0.3) is 11.1 Å². The molecule has 0 unspecified atom stereocenters. The van der Waals surface area contributed by atoms with Crippen LogP contribution in [0.15, 0.2) is 42.2 Å². The number of allylic oxidation sites excluding steroid dienone is 1. The van der Waals surface area contributed by atoms with Gasteiger partial charge in [0.05, 0.1) is 7.11 Å². The van der Waals surface area contributed by atoms with Crippen LogP contribution in [0.2, 0.25) is 0 Å². The Morgan fingerprint density at radius 3 is 2.48 bits per heavy atom. The summed E-state index contributed by atoms with van der Waals surface area (Å²) in [6, 6.07) is 7.12. The van der Waals surface area contributed by atoms with E-state index in [4.69, 9.17) is 15.2 Å². The number of nitriles is 2. The largest absolute Gasteiger partial charge is 0.493 e. The van der Waals surface area contributed by atoms with Gasteiger partial charge in [-0.1, -0.05) is 18.7 Å². The van der Waals surface area contributed by atoms with Gasteiger partial charge in [0, 0.05) is 11.1 Å². The first-order chi connectivity index (χ1) is 13.0. The van der Waals surface area contributed by atoms with Gasteiger partial charge in [-0.25, -0.2) is 0 Å². The molecule has 3 N–H and O–H groups in total. The number of nitrogens with two attached hydrogens (primary N) is 1. The molecule has 136 valence electrons. The Kier molecular flexibility index (Phi) is 6.03. The summed E-state index contributed by atoms with van der Waals surface area (Å²) in [6.07, 6.45) is 3.73. The fourth-order valence-electron chi connectivity index (χ4n) is 2.70. The number of ether oxygens (including phenoxy) is 2. The Bertz CT molecular complexity index is 1040. The molecule has 2 rings (SSSR count). The van der Waals surface area contributed by atoms with Gasteiger partial charge in [-0.15, -0.1) is 6.58 Å². The number of hydrogen-bond donors (Lipinski definition) is 2. The molecule has 0 radical (unpaired) electrons. The number of nitrogen functional groups attached to an aromatic ring is 1. The van der Waals surface area contributed by atoms with Gasteiger partial charge >= 0.3 is 0 Å². The van der Waals surface area contributed by atoms with E-state index in [0.717, 1.165) is 0 Å². The van der Waals surface area contributed by atoms with Crippen LogP contribution in [0.1, 0.15) is 16.7 Å². The number of hydrogen-bond acceptors (Lipinski definition) is 6. The normalized spacial score (nSPS) is 9.74. The van der Waals surface area contributed by atoms with Gasteiger partial charge in [0.15, 0.2) is 11.5 Å². The highest BCUT2D eigenvalue weighted by Gasteiger charge is 2.21. The van der Waals surface area contributed by atoms with E-state index in [1.54, 1.807) is 24.3 Å². The molecule has 1 aromatic carbocycles. The predicted molar refractivity (Wildman–Crippen MR) is 102 cm³/mol. The van der Waals surface area contributed by atoms with Crippen LogP contribution in [0.5, 0.6) is 11.5 Å². The molecule has 0 atom stereocenters. The average Bonchev–Trinajstić information content (AvgIpc) is 2.66. The van der Waals surface area contributed by atoms with Crippen molar-refractivity contribution in [1.29, 1.82) is 10.5 Å². The highest BCUT2D eigenvalue weighted by Crippen LogP contribution is 2.39. The van der Waals surface area contributed by atoms with E-state index in [9.17, 15) is 15.3 Å². The monoisotopic (exact) mass is 362 g/mol. The minimum absolute atomic E-state index is 0.0116. The van der Waals surface area contributed by atoms with E-state index in [1.165, 1.54) is 7.11 Å². The third-order valence-electron chi connectivity index (χ3n) is 3.82. The molecule has 0 amide bonds. The number of rotatable bonds is 7. The SMILES string of the molecule is C=CCOc1c(CC=C)cc(-c2c(C#N)c(N)[nH]c(=O)c2C#N)cc1OC. The number of aromatic nitrogens is 1. The first-order valence-corrected chi connectivity index (χ1v) is 7.94. The van der Waals surface area contributed by atoms with Crippen molar-refractivity contribution in [1.82, 2.24) is 4.98 Å². The summed E-state index contributed by atoms with van der Waals surface area (Å²) in [5, 5.41) is 18.9. The van der Waals surface area contributed by atoms with Gasteiger partial charge in [0.1, 0.15) is 35.7 Å². The summed E-state index contributed by atoms with van der Waals surface area (Å²) in [7, 11) is 1.47. The number of H-pyrrole nitrogens is 1. The summed E-state index contributed by atoms with van der Waals surface area (Å²) in [4.78, 5) is 14.5. The summed E-state index contributed by atoms with van der Waals surface area (Å²) in [6.45, 7) is 7.63. The van der Waals surface area contributed by atoms with Gasteiger partial charge in [-0.05, 0) is 24.1 Å². The number of nitrogens with zero attached hydrogens (tertiary/aromatic N) is 2. The van der Waals surface area contributed by atoms with Crippen LogP contribution in [0.3, 0.4) is 0 Å². The quantitative estimate of drug-likeness (QED) is 0.730. The van der Waals surface area contributed by atoms with Crippen LogP contribution in [0, 0.1) is 22.7 Å². The second-order valence-corrected chi connectivity index (χ2v) is 5.48. The zero-order valence-corrected chi connectivity index (χ0v) is 14.8. The zero-order chi connectivity index (χ0) is 20.0. The molecule has 0 aliphatic heterocycles. The molecule has 7 heteroatoms. The van der Waals surface area contributed by atoms with Gasteiger partial charge in [-0.3, -0.25) is 4.79 Å². The first kappa shape index (κ1) is 19.4. The molecule has 2 aromatic rings. The lowest BCUT2D eigenvalue weighted by Gasteiger charge is -2.17. The lowest BCUT2D eigenvalue weighted by molar-refractivity contribution is 0.324. The van der Waals surface area contributed by atoms with Gasteiger partial charge in [-0.2, -0.15) is 10.5 Å². The maximum absolute atomic E-state index is 12.2. The summed E-state index contributed by atoms with van der Waals surface area (Å²) >= 11 is 0. The molecule has 0 aliphatic carbocycles. The number of pyridine rings is 1. The zero-order valence-electron chi connectivity index (χ0n) is 14.8. The first-order valence-electron chi connectivity index (χ1n) is 7.94. The molecular weight excluding hydrogens is 344 g/mol. The van der Waals surface area contributed by atoms with E-state index >= 15 is 0 Å². The van der Waals surface area contributed by atoms with E-state index in [2.05, 4.69) is 18.1 Å². The van der Waals surface area contributed by atoms with Crippen molar-refractivity contribution in [2.75, 3.05) is 19.5 Å².